The number of hydrogen-bond acceptors (Lipinski definition) is 6. The zero-order valence-corrected chi connectivity index (χ0v) is 51.5. The van der Waals surface area contributed by atoms with E-state index >= 15 is 0 Å². The highest BCUT2D eigenvalue weighted by atomic mass is 16.6. The number of unbranched alkanes of at least 4 members (excludes halogenated alkanes) is 41. The molecule has 1 unspecified atom stereocenters. The zero-order valence-electron chi connectivity index (χ0n) is 51.5. The summed E-state index contributed by atoms with van der Waals surface area (Å²) in [7, 11) is 0. The van der Waals surface area contributed by atoms with Gasteiger partial charge in [0.2, 0.25) is 0 Å². The first-order chi connectivity index (χ1) is 38.0. The van der Waals surface area contributed by atoms with E-state index in [1.54, 1.807) is 0 Å². The van der Waals surface area contributed by atoms with Gasteiger partial charge < -0.3 is 14.2 Å². The van der Waals surface area contributed by atoms with Crippen LogP contribution < -0.4 is 0 Å². The van der Waals surface area contributed by atoms with Crippen LogP contribution in [0.2, 0.25) is 0 Å². The predicted molar refractivity (Wildman–Crippen MR) is 335 cm³/mol. The predicted octanol–water partition coefficient (Wildman–Crippen LogP) is 23.1. The normalized spacial score (nSPS) is 12.4. The summed E-state index contributed by atoms with van der Waals surface area (Å²) in [5.74, 6) is -0.874. The van der Waals surface area contributed by atoms with Crippen LogP contribution in [0.3, 0.4) is 0 Å². The van der Waals surface area contributed by atoms with Crippen molar-refractivity contribution in [2.24, 2.45) is 0 Å². The minimum atomic E-state index is -0.783. The van der Waals surface area contributed by atoms with E-state index in [2.05, 4.69) is 81.5 Å². The van der Waals surface area contributed by atoms with E-state index in [-0.39, 0.29) is 31.1 Å². The van der Waals surface area contributed by atoms with Crippen molar-refractivity contribution in [1.29, 1.82) is 0 Å². The van der Waals surface area contributed by atoms with Crippen LogP contribution in [-0.4, -0.2) is 37.2 Å². The molecule has 0 aromatic heterocycles. The maximum absolute atomic E-state index is 12.9. The molecule has 77 heavy (non-hydrogen) atoms. The van der Waals surface area contributed by atoms with Crippen LogP contribution in [-0.2, 0) is 28.6 Å². The van der Waals surface area contributed by atoms with Gasteiger partial charge in [-0.25, -0.2) is 0 Å². The monoisotopic (exact) mass is 1080 g/mol. The van der Waals surface area contributed by atoms with Gasteiger partial charge in [-0.3, -0.25) is 14.4 Å². The molecule has 0 fully saturated rings. The Hall–Kier alpha value is -2.89. The lowest BCUT2D eigenvalue weighted by molar-refractivity contribution is -0.167. The molecule has 0 spiro atoms. The number of hydrogen-bond donors (Lipinski definition) is 0. The Morgan fingerprint density at radius 2 is 0.506 bits per heavy atom. The lowest BCUT2D eigenvalue weighted by Gasteiger charge is -2.18. The zero-order chi connectivity index (χ0) is 55.7. The second kappa shape index (κ2) is 65.6. The van der Waals surface area contributed by atoms with Gasteiger partial charge in [0.25, 0.3) is 0 Å². The van der Waals surface area contributed by atoms with Gasteiger partial charge in [0.15, 0.2) is 6.10 Å². The summed E-state index contributed by atoms with van der Waals surface area (Å²) < 4.78 is 17.0. The van der Waals surface area contributed by atoms with Crippen molar-refractivity contribution < 1.29 is 28.6 Å². The Kier molecular flexibility index (Phi) is 63.2. The molecule has 0 aliphatic heterocycles. The highest BCUT2D eigenvalue weighted by Gasteiger charge is 2.19. The van der Waals surface area contributed by atoms with Gasteiger partial charge in [-0.2, -0.15) is 0 Å². The van der Waals surface area contributed by atoms with E-state index in [1.165, 1.54) is 218 Å². The average Bonchev–Trinajstić information content (AvgIpc) is 3.43. The van der Waals surface area contributed by atoms with Crippen molar-refractivity contribution in [3.63, 3.8) is 0 Å². The second-order valence-corrected chi connectivity index (χ2v) is 22.7. The summed E-state index contributed by atoms with van der Waals surface area (Å²) in [5.41, 5.74) is 0. The first-order valence-corrected chi connectivity index (χ1v) is 33.8. The molecule has 0 saturated carbocycles. The van der Waals surface area contributed by atoms with E-state index < -0.39 is 6.10 Å². The maximum Gasteiger partial charge on any atom is 0.306 e. The number of ether oxygens (including phenoxy) is 3. The Bertz CT molecular complexity index is 1380. The van der Waals surface area contributed by atoms with Crippen molar-refractivity contribution in [3.05, 3.63) is 60.8 Å². The molecule has 0 N–H and O–H groups in total. The Morgan fingerprint density at radius 1 is 0.273 bits per heavy atom. The SMILES string of the molecule is CC/C=C\C/C=C\C/C=C\CCCCCCCCCC(=O)OCC(COC(=O)CCCCCCCCCCCCCCCCCCCCCCCCCC)OC(=O)CCCCCCCCC/C=C\C/C=C\CCCCCC. The average molecular weight is 1080 g/mol. The highest BCUT2D eigenvalue weighted by molar-refractivity contribution is 5.71. The highest BCUT2D eigenvalue weighted by Crippen LogP contribution is 2.18. The Labute approximate surface area is 479 Å². The number of carbonyl (C=O) groups excluding carboxylic acids is 3. The van der Waals surface area contributed by atoms with Crippen LogP contribution in [0.1, 0.15) is 355 Å². The van der Waals surface area contributed by atoms with E-state index in [4.69, 9.17) is 14.2 Å². The van der Waals surface area contributed by atoms with E-state index in [9.17, 15) is 14.4 Å². The Balaban J connectivity index is 4.31. The molecule has 0 aromatic rings. The molecule has 6 heteroatoms. The van der Waals surface area contributed by atoms with Crippen molar-refractivity contribution in [1.82, 2.24) is 0 Å². The molecule has 0 aliphatic rings. The smallest absolute Gasteiger partial charge is 0.306 e. The van der Waals surface area contributed by atoms with Crippen molar-refractivity contribution in [2.75, 3.05) is 13.2 Å². The number of carbonyl (C=O) groups is 3. The van der Waals surface area contributed by atoms with Crippen LogP contribution in [0.4, 0.5) is 0 Å². The molecule has 0 aliphatic carbocycles. The molecule has 0 aromatic carbocycles. The third-order valence-corrected chi connectivity index (χ3v) is 15.0. The summed E-state index contributed by atoms with van der Waals surface area (Å²) in [6.45, 7) is 6.56. The van der Waals surface area contributed by atoms with Gasteiger partial charge in [-0.15, -0.1) is 0 Å². The number of esters is 3. The number of allylic oxidation sites excluding steroid dienone is 10. The fourth-order valence-electron chi connectivity index (χ4n) is 9.96. The second-order valence-electron chi connectivity index (χ2n) is 22.7. The van der Waals surface area contributed by atoms with Crippen LogP contribution in [0.25, 0.3) is 0 Å². The fourth-order valence-corrected chi connectivity index (χ4v) is 9.96. The van der Waals surface area contributed by atoms with Gasteiger partial charge in [0.1, 0.15) is 13.2 Å². The molecular weight excluding hydrogens is 949 g/mol. The van der Waals surface area contributed by atoms with E-state index in [0.717, 1.165) is 96.3 Å². The molecule has 448 valence electrons. The minimum absolute atomic E-state index is 0.0773. The third-order valence-electron chi connectivity index (χ3n) is 15.0. The quantitative estimate of drug-likeness (QED) is 0.0261. The molecule has 6 nitrogen and oxygen atoms in total. The lowest BCUT2D eigenvalue weighted by atomic mass is 10.0. The molecule has 0 amide bonds. The first-order valence-electron chi connectivity index (χ1n) is 33.8. The fraction of sp³-hybridized carbons (Fsp3) is 0.817. The maximum atomic E-state index is 12.9. The van der Waals surface area contributed by atoms with Gasteiger partial charge in [0.05, 0.1) is 0 Å². The summed E-state index contributed by atoms with van der Waals surface area (Å²) in [6.07, 6.45) is 83.8. The molecule has 0 saturated heterocycles. The topological polar surface area (TPSA) is 78.9 Å². The summed E-state index contributed by atoms with van der Waals surface area (Å²) in [4.78, 5) is 38.4. The standard InChI is InChI=1S/C71H128O6/c1-4-7-10-13-16-19-22-25-28-31-33-34-35-36-37-38-41-43-46-49-52-55-58-61-64-70(73)76-67-68(66-75-69(72)63-60-57-54-51-48-45-42-39-30-27-24-21-18-15-12-9-6-3)77-71(74)65-62-59-56-53-50-47-44-40-32-29-26-23-20-17-14-11-8-5-2/h9,12,18,20-21,23,27,29-30,32,68H,4-8,10-11,13-17,19,22,24-26,28,31,33-67H2,1-3H3/b12-9-,21-18-,23-20-,30-27-,32-29-. The first kappa shape index (κ1) is 74.1. The van der Waals surface area contributed by atoms with Crippen LogP contribution in [0, 0.1) is 0 Å². The summed E-state index contributed by atoms with van der Waals surface area (Å²) in [5, 5.41) is 0. The van der Waals surface area contributed by atoms with E-state index in [0.29, 0.717) is 19.3 Å². The molecular formula is C71H128O6. The van der Waals surface area contributed by atoms with Crippen molar-refractivity contribution in [2.45, 2.75) is 361 Å². The number of rotatable bonds is 62. The molecule has 0 radical (unpaired) electrons. The third kappa shape index (κ3) is 63.8. The largest absolute Gasteiger partial charge is 0.462 e. The summed E-state index contributed by atoms with van der Waals surface area (Å²) in [6, 6.07) is 0. The minimum Gasteiger partial charge on any atom is -0.462 e. The van der Waals surface area contributed by atoms with Gasteiger partial charge in [-0.1, -0.05) is 313 Å². The summed E-state index contributed by atoms with van der Waals surface area (Å²) >= 11 is 0. The molecule has 0 bridgehead atoms. The van der Waals surface area contributed by atoms with Crippen LogP contribution in [0.15, 0.2) is 60.8 Å². The molecule has 0 rings (SSSR count). The van der Waals surface area contributed by atoms with Crippen LogP contribution >= 0.6 is 0 Å². The molecule has 1 atom stereocenters. The van der Waals surface area contributed by atoms with Gasteiger partial charge in [0, 0.05) is 19.3 Å². The van der Waals surface area contributed by atoms with Crippen molar-refractivity contribution >= 4 is 17.9 Å². The molecule has 0 heterocycles. The van der Waals surface area contributed by atoms with Gasteiger partial charge in [-0.05, 0) is 83.5 Å². The van der Waals surface area contributed by atoms with Gasteiger partial charge >= 0.3 is 17.9 Å². The van der Waals surface area contributed by atoms with E-state index in [1.807, 2.05) is 0 Å². The van der Waals surface area contributed by atoms with Crippen LogP contribution in [0.5, 0.6) is 0 Å². The Morgan fingerprint density at radius 3 is 0.805 bits per heavy atom. The lowest BCUT2D eigenvalue weighted by Crippen LogP contribution is -2.30. The van der Waals surface area contributed by atoms with Crippen molar-refractivity contribution in [3.8, 4) is 0 Å².